The number of nitrogens with zero attached hydrogens (tertiary/aromatic N) is 3. The van der Waals surface area contributed by atoms with Crippen LogP contribution >= 0.6 is 11.6 Å². The highest BCUT2D eigenvalue weighted by Gasteiger charge is 2.19. The third-order valence-corrected chi connectivity index (χ3v) is 4.65. The lowest BCUT2D eigenvalue weighted by molar-refractivity contribution is 0.1000. The summed E-state index contributed by atoms with van der Waals surface area (Å²) in [7, 11) is 1.26. The topological polar surface area (TPSA) is 122 Å². The fourth-order valence-electron chi connectivity index (χ4n) is 2.86. The minimum absolute atomic E-state index is 0.195. The number of amides is 2. The van der Waals surface area contributed by atoms with Crippen LogP contribution in [0.5, 0.6) is 0 Å². The summed E-state index contributed by atoms with van der Waals surface area (Å²) in [4.78, 5) is 34.1. The Kier molecular flexibility index (Phi) is 6.88. The van der Waals surface area contributed by atoms with Crippen molar-refractivity contribution in [3.63, 3.8) is 0 Å². The number of hydrogen-bond donors (Lipinski definition) is 3. The Balaban J connectivity index is 1.97. The van der Waals surface area contributed by atoms with Crippen LogP contribution in [0.3, 0.4) is 0 Å². The van der Waals surface area contributed by atoms with Crippen molar-refractivity contribution >= 4 is 52.4 Å². The minimum atomic E-state index is -0.648. The van der Waals surface area contributed by atoms with Gasteiger partial charge in [-0.2, -0.15) is 4.98 Å². The SMILES string of the molecule is CCN(c1ccccc1)c1nc(Nc2ccc(Cl)c(NC(=O)OC)c2)ncc1C(N)=O. The monoisotopic (exact) mass is 440 g/mol. The van der Waals surface area contributed by atoms with Crippen molar-refractivity contribution < 1.29 is 14.3 Å². The van der Waals surface area contributed by atoms with Gasteiger partial charge in [-0.3, -0.25) is 10.1 Å². The van der Waals surface area contributed by atoms with Crippen molar-refractivity contribution in [1.29, 1.82) is 0 Å². The predicted molar refractivity (Wildman–Crippen MR) is 120 cm³/mol. The number of nitrogens with two attached hydrogens (primary N) is 1. The molecule has 1 aromatic heterocycles. The van der Waals surface area contributed by atoms with Crippen molar-refractivity contribution in [2.45, 2.75) is 6.92 Å². The molecule has 3 rings (SSSR count). The highest BCUT2D eigenvalue weighted by molar-refractivity contribution is 6.33. The van der Waals surface area contributed by atoms with E-state index < -0.39 is 12.0 Å². The van der Waals surface area contributed by atoms with E-state index in [1.807, 2.05) is 42.2 Å². The number of nitrogens with one attached hydrogen (secondary N) is 2. The molecular formula is C21H21ClN6O3. The molecule has 0 saturated heterocycles. The molecule has 4 N–H and O–H groups in total. The van der Waals surface area contributed by atoms with E-state index in [4.69, 9.17) is 17.3 Å². The molecule has 0 atom stereocenters. The molecule has 0 unspecified atom stereocenters. The summed E-state index contributed by atoms with van der Waals surface area (Å²) < 4.78 is 4.60. The maximum Gasteiger partial charge on any atom is 0.411 e. The Morgan fingerprint density at radius 2 is 1.94 bits per heavy atom. The number of methoxy groups -OCH3 is 1. The molecule has 0 saturated carbocycles. The largest absolute Gasteiger partial charge is 0.453 e. The van der Waals surface area contributed by atoms with Gasteiger partial charge in [-0.1, -0.05) is 29.8 Å². The molecule has 2 aromatic carbocycles. The summed E-state index contributed by atoms with van der Waals surface area (Å²) in [5, 5.41) is 5.91. The summed E-state index contributed by atoms with van der Waals surface area (Å²) >= 11 is 6.12. The van der Waals surface area contributed by atoms with Gasteiger partial charge in [0.2, 0.25) is 5.95 Å². The van der Waals surface area contributed by atoms with E-state index >= 15 is 0 Å². The van der Waals surface area contributed by atoms with Gasteiger partial charge in [0, 0.05) is 24.1 Å². The number of para-hydroxylation sites is 1. The van der Waals surface area contributed by atoms with E-state index in [0.29, 0.717) is 28.8 Å². The quantitative estimate of drug-likeness (QED) is 0.500. The van der Waals surface area contributed by atoms with Crippen LogP contribution in [0.1, 0.15) is 17.3 Å². The highest BCUT2D eigenvalue weighted by atomic mass is 35.5. The molecule has 0 fully saturated rings. The smallest absolute Gasteiger partial charge is 0.411 e. The second kappa shape index (κ2) is 9.77. The molecular weight excluding hydrogens is 420 g/mol. The molecule has 9 nitrogen and oxygen atoms in total. The van der Waals surface area contributed by atoms with Gasteiger partial charge in [0.25, 0.3) is 5.91 Å². The molecule has 0 spiro atoms. The van der Waals surface area contributed by atoms with E-state index in [-0.39, 0.29) is 11.5 Å². The number of aromatic nitrogens is 2. The van der Waals surface area contributed by atoms with E-state index in [0.717, 1.165) is 5.69 Å². The first-order valence-electron chi connectivity index (χ1n) is 9.34. The van der Waals surface area contributed by atoms with Crippen LogP contribution < -0.4 is 21.3 Å². The number of hydrogen-bond acceptors (Lipinski definition) is 7. The Hall–Kier alpha value is -3.85. The third-order valence-electron chi connectivity index (χ3n) is 4.32. The molecule has 0 aliphatic heterocycles. The van der Waals surface area contributed by atoms with Crippen molar-refractivity contribution in [2.75, 3.05) is 29.2 Å². The van der Waals surface area contributed by atoms with E-state index in [2.05, 4.69) is 25.3 Å². The first kappa shape index (κ1) is 21.8. The van der Waals surface area contributed by atoms with Crippen LogP contribution in [0.15, 0.2) is 54.7 Å². The summed E-state index contributed by atoms with van der Waals surface area (Å²) in [6.45, 7) is 2.49. The molecule has 0 aliphatic carbocycles. The average molecular weight is 441 g/mol. The fourth-order valence-corrected chi connectivity index (χ4v) is 3.03. The standard InChI is InChI=1S/C21H21ClN6O3/c1-3-28(14-7-5-4-6-8-14)19-15(18(23)29)12-24-20(27-19)25-13-9-10-16(22)17(11-13)26-21(30)31-2/h4-12H,3H2,1-2H3,(H2,23,29)(H,26,30)(H,24,25,27). The fraction of sp³-hybridized carbons (Fsp3) is 0.143. The molecule has 0 bridgehead atoms. The van der Waals surface area contributed by atoms with E-state index in [1.54, 1.807) is 18.2 Å². The van der Waals surface area contributed by atoms with Crippen LogP contribution in [0, 0.1) is 0 Å². The van der Waals surface area contributed by atoms with Gasteiger partial charge in [-0.05, 0) is 37.3 Å². The summed E-state index contributed by atoms with van der Waals surface area (Å²) in [6.07, 6.45) is 0.729. The van der Waals surface area contributed by atoms with Gasteiger partial charge < -0.3 is 20.7 Å². The number of primary amides is 1. The van der Waals surface area contributed by atoms with Gasteiger partial charge >= 0.3 is 6.09 Å². The Morgan fingerprint density at radius 3 is 2.58 bits per heavy atom. The number of carbonyl (C=O) groups excluding carboxylic acids is 2. The first-order valence-corrected chi connectivity index (χ1v) is 9.71. The number of anilines is 5. The maximum absolute atomic E-state index is 12.0. The van der Waals surface area contributed by atoms with Crippen LogP contribution in [-0.4, -0.2) is 35.6 Å². The van der Waals surface area contributed by atoms with Gasteiger partial charge in [0.05, 0.1) is 17.8 Å². The van der Waals surface area contributed by atoms with Gasteiger partial charge in [0.1, 0.15) is 5.56 Å². The third kappa shape index (κ3) is 5.20. The molecule has 1 heterocycles. The van der Waals surface area contributed by atoms with Crippen LogP contribution in [0.25, 0.3) is 0 Å². The molecule has 160 valence electrons. The van der Waals surface area contributed by atoms with E-state index in [1.165, 1.54) is 13.3 Å². The highest BCUT2D eigenvalue weighted by Crippen LogP contribution is 2.30. The second-order valence-corrected chi connectivity index (χ2v) is 6.72. The Bertz CT molecular complexity index is 1090. The van der Waals surface area contributed by atoms with Crippen molar-refractivity contribution in [3.05, 3.63) is 65.3 Å². The minimum Gasteiger partial charge on any atom is -0.453 e. The molecule has 10 heteroatoms. The molecule has 0 radical (unpaired) electrons. The molecule has 0 aliphatic rings. The Morgan fingerprint density at radius 1 is 1.19 bits per heavy atom. The normalized spacial score (nSPS) is 10.3. The zero-order valence-electron chi connectivity index (χ0n) is 16.9. The number of benzene rings is 2. The summed E-state index contributed by atoms with van der Waals surface area (Å²) in [5.74, 6) is -0.0201. The lowest BCUT2D eigenvalue weighted by Crippen LogP contribution is -2.24. The number of carbonyl (C=O) groups is 2. The molecule has 31 heavy (non-hydrogen) atoms. The Labute approximate surface area is 184 Å². The lowest BCUT2D eigenvalue weighted by atomic mass is 10.2. The maximum atomic E-state index is 12.0. The van der Waals surface area contributed by atoms with Crippen molar-refractivity contribution in [1.82, 2.24) is 9.97 Å². The zero-order chi connectivity index (χ0) is 22.4. The zero-order valence-corrected chi connectivity index (χ0v) is 17.7. The van der Waals surface area contributed by atoms with Crippen molar-refractivity contribution in [2.24, 2.45) is 5.73 Å². The van der Waals surface area contributed by atoms with Crippen LogP contribution in [0.4, 0.5) is 33.6 Å². The number of halogens is 1. The molecule has 3 aromatic rings. The summed E-state index contributed by atoms with van der Waals surface area (Å²) in [6, 6.07) is 14.4. The van der Waals surface area contributed by atoms with E-state index in [9.17, 15) is 9.59 Å². The average Bonchev–Trinajstić information content (AvgIpc) is 2.77. The van der Waals surface area contributed by atoms with Crippen LogP contribution in [-0.2, 0) is 4.74 Å². The van der Waals surface area contributed by atoms with Crippen molar-refractivity contribution in [3.8, 4) is 0 Å². The van der Waals surface area contributed by atoms with Gasteiger partial charge in [0.15, 0.2) is 5.82 Å². The number of ether oxygens (including phenoxy) is 1. The summed E-state index contributed by atoms with van der Waals surface area (Å²) in [5.41, 5.74) is 7.52. The van der Waals surface area contributed by atoms with Crippen LogP contribution in [0.2, 0.25) is 5.02 Å². The van der Waals surface area contributed by atoms with Gasteiger partial charge in [-0.25, -0.2) is 9.78 Å². The predicted octanol–water partition coefficient (Wildman–Crippen LogP) is 4.31. The lowest BCUT2D eigenvalue weighted by Gasteiger charge is -2.24. The number of rotatable bonds is 7. The first-order chi connectivity index (χ1) is 14.9. The second-order valence-electron chi connectivity index (χ2n) is 6.31. The molecule has 2 amide bonds. The van der Waals surface area contributed by atoms with Gasteiger partial charge in [-0.15, -0.1) is 0 Å².